The lowest BCUT2D eigenvalue weighted by molar-refractivity contribution is -0.122. The Balaban J connectivity index is 2.12. The molecular weight excluding hydrogens is 478 g/mol. The number of para-hydroxylation sites is 1. The van der Waals surface area contributed by atoms with Crippen molar-refractivity contribution < 1.29 is 14.3 Å². The predicted octanol–water partition coefficient (Wildman–Crippen LogP) is 6.47. The van der Waals surface area contributed by atoms with Crippen molar-refractivity contribution in [1.82, 2.24) is 4.90 Å². The molecular formula is C27H31N3O3S2. The number of aliphatic imine (C=N–C) groups is 1. The molecule has 6 nitrogen and oxygen atoms in total. The highest BCUT2D eigenvalue weighted by Crippen LogP contribution is 2.39. The molecule has 2 aromatic rings. The van der Waals surface area contributed by atoms with Crippen LogP contribution in [0.1, 0.15) is 45.0 Å². The molecule has 3 rings (SSSR count). The fraction of sp³-hybridized carbons (Fsp3) is 0.296. The Labute approximate surface area is 217 Å². The second-order valence-electron chi connectivity index (χ2n) is 8.16. The number of Topliss-reactive ketones (excluding diaryl/α,β-unsaturated/α-hetero) is 1. The van der Waals surface area contributed by atoms with Crippen LogP contribution in [-0.2, 0) is 4.79 Å². The number of allylic oxidation sites excluding steroid dienone is 2. The molecule has 0 bridgehead atoms. The van der Waals surface area contributed by atoms with E-state index >= 15 is 0 Å². The van der Waals surface area contributed by atoms with Crippen molar-refractivity contribution in [3.8, 4) is 5.75 Å². The van der Waals surface area contributed by atoms with Crippen LogP contribution >= 0.6 is 24.4 Å². The predicted molar refractivity (Wildman–Crippen MR) is 148 cm³/mol. The third kappa shape index (κ3) is 6.00. The van der Waals surface area contributed by atoms with E-state index in [4.69, 9.17) is 9.73 Å². The summed E-state index contributed by atoms with van der Waals surface area (Å²) in [5.41, 5.74) is 3.81. The summed E-state index contributed by atoms with van der Waals surface area (Å²) >= 11 is 5.90. The molecule has 1 heterocycles. The second kappa shape index (κ2) is 11.6. The Bertz CT molecular complexity index is 1230. The van der Waals surface area contributed by atoms with Crippen LogP contribution in [0.5, 0.6) is 5.75 Å². The minimum Gasteiger partial charge on any atom is -0.492 e. The zero-order valence-corrected chi connectivity index (χ0v) is 22.7. The van der Waals surface area contributed by atoms with Gasteiger partial charge in [-0.1, -0.05) is 23.8 Å². The van der Waals surface area contributed by atoms with E-state index in [1.54, 1.807) is 23.1 Å². The smallest absolute Gasteiger partial charge is 0.268 e. The van der Waals surface area contributed by atoms with E-state index in [-0.39, 0.29) is 11.7 Å². The van der Waals surface area contributed by atoms with Crippen LogP contribution in [0.25, 0.3) is 0 Å². The average Bonchev–Trinajstić information content (AvgIpc) is 3.14. The van der Waals surface area contributed by atoms with Gasteiger partial charge in [-0.05, 0) is 76.7 Å². The molecule has 0 atom stereocenters. The minimum absolute atomic E-state index is 0.0604. The van der Waals surface area contributed by atoms with Crippen molar-refractivity contribution in [2.45, 2.75) is 39.5 Å². The first-order chi connectivity index (χ1) is 16.7. The van der Waals surface area contributed by atoms with E-state index in [2.05, 4.69) is 12.6 Å². The number of carbonyl (C=O) groups is 2. The lowest BCUT2D eigenvalue weighted by atomic mass is 10.1. The van der Waals surface area contributed by atoms with E-state index in [9.17, 15) is 9.59 Å². The van der Waals surface area contributed by atoms with Crippen LogP contribution in [0.3, 0.4) is 0 Å². The van der Waals surface area contributed by atoms with Gasteiger partial charge in [0, 0.05) is 29.7 Å². The number of ether oxygens (including phenoxy) is 1. The maximum Gasteiger partial charge on any atom is 0.268 e. The lowest BCUT2D eigenvalue weighted by Gasteiger charge is -2.23. The van der Waals surface area contributed by atoms with E-state index in [1.807, 2.05) is 70.0 Å². The highest BCUT2D eigenvalue weighted by Gasteiger charge is 2.36. The van der Waals surface area contributed by atoms with Crippen LogP contribution in [0.2, 0.25) is 0 Å². The number of ketones is 1. The molecule has 8 heteroatoms. The first kappa shape index (κ1) is 26.6. The van der Waals surface area contributed by atoms with Gasteiger partial charge in [-0.15, -0.1) is 12.6 Å². The molecule has 2 aromatic carbocycles. The van der Waals surface area contributed by atoms with E-state index in [0.29, 0.717) is 40.2 Å². The first-order valence-corrected chi connectivity index (χ1v) is 12.6. The van der Waals surface area contributed by atoms with Gasteiger partial charge in [0.05, 0.1) is 17.2 Å². The number of amides is 1. The van der Waals surface area contributed by atoms with Gasteiger partial charge in [-0.2, -0.15) is 0 Å². The Morgan fingerprint density at radius 2 is 1.91 bits per heavy atom. The molecule has 0 spiro atoms. The highest BCUT2D eigenvalue weighted by molar-refractivity contribution is 8.18. The summed E-state index contributed by atoms with van der Waals surface area (Å²) < 4.78 is 5.76. The first-order valence-electron chi connectivity index (χ1n) is 11.4. The number of amidine groups is 1. The summed E-state index contributed by atoms with van der Waals surface area (Å²) in [4.78, 5) is 35.5. The molecule has 0 unspecified atom stereocenters. The number of thioether (sulfide) groups is 1. The molecule has 184 valence electrons. The van der Waals surface area contributed by atoms with Crippen molar-refractivity contribution in [2.24, 2.45) is 4.99 Å². The summed E-state index contributed by atoms with van der Waals surface area (Å²) in [6.07, 6.45) is 1.98. The summed E-state index contributed by atoms with van der Waals surface area (Å²) in [7, 11) is 1.92. The molecule has 1 fully saturated rings. The molecule has 0 saturated carbocycles. The topological polar surface area (TPSA) is 62.2 Å². The number of nitrogens with zero attached hydrogens (tertiary/aromatic N) is 3. The van der Waals surface area contributed by atoms with Gasteiger partial charge < -0.3 is 9.64 Å². The largest absolute Gasteiger partial charge is 0.492 e. The molecule has 0 aliphatic carbocycles. The summed E-state index contributed by atoms with van der Waals surface area (Å²) in [5.74, 6) is 0.391. The zero-order valence-electron chi connectivity index (χ0n) is 21.0. The Hall–Kier alpha value is -2.97. The van der Waals surface area contributed by atoms with Gasteiger partial charge >= 0.3 is 0 Å². The second-order valence-corrected chi connectivity index (χ2v) is 9.62. The molecule has 1 aliphatic rings. The normalized spacial score (nSPS) is 16.7. The summed E-state index contributed by atoms with van der Waals surface area (Å²) in [6, 6.07) is 12.9. The highest BCUT2D eigenvalue weighted by atomic mass is 32.2. The van der Waals surface area contributed by atoms with Crippen LogP contribution in [-0.4, -0.2) is 42.0 Å². The van der Waals surface area contributed by atoms with Gasteiger partial charge in [0.1, 0.15) is 11.4 Å². The van der Waals surface area contributed by atoms with Crippen LogP contribution in [0.15, 0.2) is 74.6 Å². The standard InChI is InChI=1S/C27H31N3O3S2/c1-7-17(3)16-30-26(32)25(18(4)29(6)22-11-9-10-12-24(22)34)35-27(30)28-21-15-20(19(5)31)13-14-23(21)33-8-2/h7,9-15,34H,8,16H2,1-6H3/b17-7+,25-18+,28-27?. The van der Waals surface area contributed by atoms with Crippen LogP contribution in [0, 0.1) is 0 Å². The summed E-state index contributed by atoms with van der Waals surface area (Å²) in [6.45, 7) is 10.1. The number of hydrogen-bond donors (Lipinski definition) is 1. The van der Waals surface area contributed by atoms with E-state index < -0.39 is 0 Å². The number of hydrogen-bond acceptors (Lipinski definition) is 7. The van der Waals surface area contributed by atoms with Crippen LogP contribution < -0.4 is 9.64 Å². The van der Waals surface area contributed by atoms with E-state index in [0.717, 1.165) is 21.9 Å². The third-order valence-corrected chi connectivity index (χ3v) is 7.27. The van der Waals surface area contributed by atoms with Gasteiger partial charge in [0.25, 0.3) is 5.91 Å². The molecule has 1 amide bonds. The third-order valence-electron chi connectivity index (χ3n) is 5.72. The quantitative estimate of drug-likeness (QED) is 0.191. The number of rotatable bonds is 8. The monoisotopic (exact) mass is 509 g/mol. The van der Waals surface area contributed by atoms with Crippen molar-refractivity contribution in [3.05, 3.63) is 70.3 Å². The SMILES string of the molecule is C/C=C(\C)CN1C(=O)/C(=C(/C)N(C)c2ccccc2S)SC1=Nc1cc(C(C)=O)ccc1OCC. The fourth-order valence-electron chi connectivity index (χ4n) is 3.48. The minimum atomic E-state index is -0.114. The number of anilines is 1. The van der Waals surface area contributed by atoms with Crippen molar-refractivity contribution in [3.63, 3.8) is 0 Å². The number of benzene rings is 2. The van der Waals surface area contributed by atoms with Gasteiger partial charge in [-0.3, -0.25) is 14.5 Å². The van der Waals surface area contributed by atoms with Crippen LogP contribution in [0.4, 0.5) is 11.4 Å². The molecule has 0 aromatic heterocycles. The average molecular weight is 510 g/mol. The molecule has 35 heavy (non-hydrogen) atoms. The number of carbonyl (C=O) groups excluding carboxylic acids is 2. The molecule has 1 saturated heterocycles. The van der Waals surface area contributed by atoms with Gasteiger partial charge in [0.2, 0.25) is 0 Å². The molecule has 1 aliphatic heterocycles. The van der Waals surface area contributed by atoms with E-state index in [1.165, 1.54) is 18.7 Å². The van der Waals surface area contributed by atoms with Crippen molar-refractivity contribution in [1.29, 1.82) is 0 Å². The fourth-order valence-corrected chi connectivity index (χ4v) is 4.85. The van der Waals surface area contributed by atoms with Gasteiger partial charge in [-0.25, -0.2) is 4.99 Å². The Kier molecular flexibility index (Phi) is 8.86. The lowest BCUT2D eigenvalue weighted by Crippen LogP contribution is -2.31. The van der Waals surface area contributed by atoms with Crippen molar-refractivity contribution >= 4 is 52.6 Å². The Morgan fingerprint density at radius 3 is 2.54 bits per heavy atom. The summed E-state index contributed by atoms with van der Waals surface area (Å²) in [5, 5.41) is 0.541. The molecule has 0 N–H and O–H groups in total. The zero-order chi connectivity index (χ0) is 25.7. The Morgan fingerprint density at radius 1 is 1.20 bits per heavy atom. The van der Waals surface area contributed by atoms with Crippen molar-refractivity contribution in [2.75, 3.05) is 25.1 Å². The maximum absolute atomic E-state index is 13.6. The van der Waals surface area contributed by atoms with Gasteiger partial charge in [0.15, 0.2) is 11.0 Å². The molecule has 0 radical (unpaired) electrons. The number of thiol groups is 1. The maximum atomic E-state index is 13.6.